The van der Waals surface area contributed by atoms with Gasteiger partial charge >= 0.3 is 0 Å². The lowest BCUT2D eigenvalue weighted by Gasteiger charge is -2.10. The molecule has 0 heterocycles. The molecule has 1 unspecified atom stereocenters. The van der Waals surface area contributed by atoms with Crippen LogP contribution in [0.4, 0.5) is 0 Å². The van der Waals surface area contributed by atoms with Gasteiger partial charge in [0.25, 0.3) is 0 Å². The molecule has 0 saturated carbocycles. The van der Waals surface area contributed by atoms with Crippen molar-refractivity contribution >= 4 is 26.0 Å². The van der Waals surface area contributed by atoms with Gasteiger partial charge in [0.1, 0.15) is 0 Å². The van der Waals surface area contributed by atoms with E-state index in [4.69, 9.17) is 5.14 Å². The Labute approximate surface area is 86.1 Å². The maximum atomic E-state index is 11.0. The second-order valence-corrected chi connectivity index (χ2v) is 5.49. The molecular weight excluding hydrogens is 254 g/mol. The number of nitrogens with two attached hydrogens (primary N) is 1. The van der Waals surface area contributed by atoms with Gasteiger partial charge in [-0.3, -0.25) is 0 Å². The number of rotatable bonds is 2. The predicted molar refractivity (Wildman–Crippen MR) is 55.7 cm³/mol. The van der Waals surface area contributed by atoms with Crippen LogP contribution in [-0.4, -0.2) is 8.42 Å². The van der Waals surface area contributed by atoms with E-state index in [9.17, 15) is 8.42 Å². The Bertz CT molecular complexity index is 402. The van der Waals surface area contributed by atoms with E-state index >= 15 is 0 Å². The second-order valence-electron chi connectivity index (χ2n) is 2.75. The van der Waals surface area contributed by atoms with E-state index in [1.54, 1.807) is 25.1 Å². The van der Waals surface area contributed by atoms with E-state index in [0.29, 0.717) is 5.56 Å². The summed E-state index contributed by atoms with van der Waals surface area (Å²) < 4.78 is 22.8. The summed E-state index contributed by atoms with van der Waals surface area (Å²) in [5.41, 5.74) is 0.685. The van der Waals surface area contributed by atoms with Crippen molar-refractivity contribution in [2.45, 2.75) is 12.2 Å². The molecule has 2 N–H and O–H groups in total. The monoisotopic (exact) mass is 263 g/mol. The van der Waals surface area contributed by atoms with Gasteiger partial charge in [-0.2, -0.15) is 0 Å². The fourth-order valence-corrected chi connectivity index (χ4v) is 2.32. The third kappa shape index (κ3) is 2.52. The van der Waals surface area contributed by atoms with Crippen LogP contribution in [0, 0.1) is 0 Å². The lowest BCUT2D eigenvalue weighted by molar-refractivity contribution is 0.588. The van der Waals surface area contributed by atoms with Crippen LogP contribution in [0.5, 0.6) is 0 Å². The average Bonchev–Trinajstić information content (AvgIpc) is 2.02. The summed E-state index contributed by atoms with van der Waals surface area (Å²) in [6, 6.07) is 7.13. The number of hydrogen-bond acceptors (Lipinski definition) is 2. The van der Waals surface area contributed by atoms with Gasteiger partial charge in [-0.25, -0.2) is 13.6 Å². The van der Waals surface area contributed by atoms with Crippen molar-refractivity contribution in [1.82, 2.24) is 0 Å². The highest BCUT2D eigenvalue weighted by Crippen LogP contribution is 2.26. The van der Waals surface area contributed by atoms with E-state index in [0.717, 1.165) is 4.47 Å². The molecule has 72 valence electrons. The summed E-state index contributed by atoms with van der Waals surface area (Å²) in [7, 11) is -3.51. The predicted octanol–water partition coefficient (Wildman–Crippen LogP) is 1.80. The van der Waals surface area contributed by atoms with Crippen LogP contribution in [-0.2, 0) is 10.0 Å². The molecule has 0 spiro atoms. The minimum atomic E-state index is -3.51. The maximum absolute atomic E-state index is 11.0. The Morgan fingerprint density at radius 2 is 1.92 bits per heavy atom. The highest BCUT2D eigenvalue weighted by Gasteiger charge is 2.19. The van der Waals surface area contributed by atoms with Crippen molar-refractivity contribution in [3.63, 3.8) is 0 Å². The van der Waals surface area contributed by atoms with Crippen LogP contribution in [0.1, 0.15) is 17.7 Å². The van der Waals surface area contributed by atoms with E-state index in [2.05, 4.69) is 15.9 Å². The molecule has 0 bridgehead atoms. The van der Waals surface area contributed by atoms with Gasteiger partial charge in [0.2, 0.25) is 10.0 Å². The highest BCUT2D eigenvalue weighted by molar-refractivity contribution is 9.10. The molecular formula is C8H10BrNO2S. The number of sulfonamides is 1. The van der Waals surface area contributed by atoms with Crippen LogP contribution < -0.4 is 5.14 Å². The summed E-state index contributed by atoms with van der Waals surface area (Å²) in [6.07, 6.45) is 0. The summed E-state index contributed by atoms with van der Waals surface area (Å²) in [4.78, 5) is 0. The SMILES string of the molecule is CC(c1ccccc1Br)S(N)(=O)=O. The third-order valence-corrected chi connectivity index (χ3v) is 3.80. The first-order chi connectivity index (χ1) is 5.93. The molecule has 1 aromatic rings. The topological polar surface area (TPSA) is 60.2 Å². The molecule has 5 heteroatoms. The van der Waals surface area contributed by atoms with Crippen molar-refractivity contribution in [1.29, 1.82) is 0 Å². The van der Waals surface area contributed by atoms with Gasteiger partial charge in [-0.05, 0) is 18.6 Å². The third-order valence-electron chi connectivity index (χ3n) is 1.84. The first-order valence-electron chi connectivity index (χ1n) is 3.69. The fourth-order valence-electron chi connectivity index (χ4n) is 0.982. The molecule has 0 aliphatic carbocycles. The first kappa shape index (κ1) is 10.7. The summed E-state index contributed by atoms with van der Waals surface area (Å²) in [5, 5.41) is 4.35. The van der Waals surface area contributed by atoms with E-state index in [1.165, 1.54) is 0 Å². The Morgan fingerprint density at radius 1 is 1.38 bits per heavy atom. The molecule has 1 aromatic carbocycles. The molecule has 0 aromatic heterocycles. The lowest BCUT2D eigenvalue weighted by atomic mass is 10.2. The highest BCUT2D eigenvalue weighted by atomic mass is 79.9. The minimum absolute atomic E-state index is 0.678. The molecule has 0 aliphatic heterocycles. The lowest BCUT2D eigenvalue weighted by Crippen LogP contribution is -2.19. The van der Waals surface area contributed by atoms with Crippen LogP contribution >= 0.6 is 15.9 Å². The number of benzene rings is 1. The zero-order valence-corrected chi connectivity index (χ0v) is 9.47. The van der Waals surface area contributed by atoms with Crippen LogP contribution in [0.15, 0.2) is 28.7 Å². The number of primary sulfonamides is 1. The Balaban J connectivity index is 3.17. The molecule has 0 fully saturated rings. The molecule has 1 rings (SSSR count). The largest absolute Gasteiger partial charge is 0.228 e. The van der Waals surface area contributed by atoms with E-state index in [1.807, 2.05) is 6.07 Å². The van der Waals surface area contributed by atoms with Crippen molar-refractivity contribution in [3.8, 4) is 0 Å². The summed E-state index contributed by atoms with van der Waals surface area (Å²) >= 11 is 3.27. The van der Waals surface area contributed by atoms with Gasteiger partial charge in [0, 0.05) is 4.47 Å². The molecule has 0 radical (unpaired) electrons. The van der Waals surface area contributed by atoms with Gasteiger partial charge in [0.15, 0.2) is 0 Å². The van der Waals surface area contributed by atoms with Gasteiger partial charge in [0.05, 0.1) is 5.25 Å². The smallest absolute Gasteiger partial charge is 0.215 e. The fraction of sp³-hybridized carbons (Fsp3) is 0.250. The second kappa shape index (κ2) is 3.77. The zero-order valence-electron chi connectivity index (χ0n) is 7.07. The van der Waals surface area contributed by atoms with Crippen molar-refractivity contribution in [3.05, 3.63) is 34.3 Å². The summed E-state index contributed by atoms with van der Waals surface area (Å²) in [6.45, 7) is 1.56. The first-order valence-corrected chi connectivity index (χ1v) is 6.09. The van der Waals surface area contributed by atoms with Crippen molar-refractivity contribution < 1.29 is 8.42 Å². The molecule has 0 amide bonds. The number of halogens is 1. The molecule has 0 saturated heterocycles. The summed E-state index contributed by atoms with van der Waals surface area (Å²) in [5.74, 6) is 0. The van der Waals surface area contributed by atoms with Crippen molar-refractivity contribution in [2.24, 2.45) is 5.14 Å². The quantitative estimate of drug-likeness (QED) is 0.885. The van der Waals surface area contributed by atoms with E-state index < -0.39 is 15.3 Å². The minimum Gasteiger partial charge on any atom is -0.228 e. The molecule has 13 heavy (non-hydrogen) atoms. The number of hydrogen-bond donors (Lipinski definition) is 1. The van der Waals surface area contributed by atoms with Crippen LogP contribution in [0.2, 0.25) is 0 Å². The Kier molecular flexibility index (Phi) is 3.10. The maximum Gasteiger partial charge on any atom is 0.215 e. The normalized spacial score (nSPS) is 14.1. The van der Waals surface area contributed by atoms with Gasteiger partial charge in [-0.1, -0.05) is 34.1 Å². The van der Waals surface area contributed by atoms with E-state index in [-0.39, 0.29) is 0 Å². The van der Waals surface area contributed by atoms with Crippen LogP contribution in [0.25, 0.3) is 0 Å². The zero-order chi connectivity index (χ0) is 10.1. The average molecular weight is 264 g/mol. The molecule has 3 nitrogen and oxygen atoms in total. The van der Waals surface area contributed by atoms with Gasteiger partial charge < -0.3 is 0 Å². The molecule has 1 atom stereocenters. The molecule has 0 aliphatic rings. The van der Waals surface area contributed by atoms with Crippen LogP contribution in [0.3, 0.4) is 0 Å². The van der Waals surface area contributed by atoms with Gasteiger partial charge in [-0.15, -0.1) is 0 Å². The van der Waals surface area contributed by atoms with Crippen molar-refractivity contribution in [2.75, 3.05) is 0 Å². The Morgan fingerprint density at radius 3 is 2.38 bits per heavy atom. The Hall–Kier alpha value is -0.390. The standard InChI is InChI=1S/C8H10BrNO2S/c1-6(13(10,11)12)7-4-2-3-5-8(7)9/h2-6H,1H3,(H2,10,11,12).